The number of rotatable bonds is 5. The topological polar surface area (TPSA) is 77.8 Å². The Morgan fingerprint density at radius 2 is 1.67 bits per heavy atom. The van der Waals surface area contributed by atoms with Gasteiger partial charge in [-0.25, -0.2) is 0 Å². The van der Waals surface area contributed by atoms with Crippen LogP contribution < -0.4 is 0 Å². The van der Waals surface area contributed by atoms with Crippen LogP contribution in [0, 0.1) is 52.3 Å². The zero-order valence-electron chi connectivity index (χ0n) is 19.5. The van der Waals surface area contributed by atoms with Crippen molar-refractivity contribution in [3.8, 4) is 0 Å². The summed E-state index contributed by atoms with van der Waals surface area (Å²) in [6, 6.07) is 0. The third-order valence-corrected chi connectivity index (χ3v) is 11.0. The molecule has 4 fully saturated rings. The lowest BCUT2D eigenvalue weighted by atomic mass is 9.41. The van der Waals surface area contributed by atoms with Gasteiger partial charge >= 0.3 is 5.97 Å². The number of aliphatic hydroxyl groups is 2. The van der Waals surface area contributed by atoms with Crippen LogP contribution in [0.3, 0.4) is 0 Å². The smallest absolute Gasteiger partial charge is 0.303 e. The molecule has 4 heteroatoms. The molecular weight excluding hydrogens is 376 g/mol. The van der Waals surface area contributed by atoms with E-state index in [4.69, 9.17) is 5.11 Å². The van der Waals surface area contributed by atoms with E-state index in [0.717, 1.165) is 32.1 Å². The highest BCUT2D eigenvalue weighted by Crippen LogP contribution is 2.69. The Balaban J connectivity index is 1.61. The Kier molecular flexibility index (Phi) is 6.07. The molecule has 4 aliphatic carbocycles. The van der Waals surface area contributed by atoms with E-state index in [1.807, 2.05) is 0 Å². The van der Waals surface area contributed by atoms with E-state index in [-0.39, 0.29) is 29.5 Å². The second-order valence-electron chi connectivity index (χ2n) is 12.0. The molecule has 30 heavy (non-hydrogen) atoms. The Labute approximate surface area is 182 Å². The summed E-state index contributed by atoms with van der Waals surface area (Å²) in [7, 11) is 0. The molecule has 4 nitrogen and oxygen atoms in total. The average molecular weight is 421 g/mol. The van der Waals surface area contributed by atoms with Gasteiger partial charge in [0.25, 0.3) is 0 Å². The largest absolute Gasteiger partial charge is 0.481 e. The lowest BCUT2D eigenvalue weighted by Gasteiger charge is -2.64. The summed E-state index contributed by atoms with van der Waals surface area (Å²) >= 11 is 0. The van der Waals surface area contributed by atoms with Gasteiger partial charge in [0.1, 0.15) is 0 Å². The van der Waals surface area contributed by atoms with Crippen LogP contribution in [0.25, 0.3) is 0 Å². The van der Waals surface area contributed by atoms with Crippen LogP contribution >= 0.6 is 0 Å². The number of carboxylic acids is 1. The molecule has 3 N–H and O–H groups in total. The van der Waals surface area contributed by atoms with Crippen molar-refractivity contribution in [1.29, 1.82) is 0 Å². The van der Waals surface area contributed by atoms with Gasteiger partial charge in [0.2, 0.25) is 0 Å². The van der Waals surface area contributed by atoms with Crippen molar-refractivity contribution in [3.63, 3.8) is 0 Å². The van der Waals surface area contributed by atoms with Gasteiger partial charge in [-0.3, -0.25) is 4.79 Å². The molecule has 0 aromatic heterocycles. The molecular formula is C26H44O4. The predicted molar refractivity (Wildman–Crippen MR) is 118 cm³/mol. The van der Waals surface area contributed by atoms with Crippen LogP contribution in [0.4, 0.5) is 0 Å². The first kappa shape index (κ1) is 22.6. The second-order valence-corrected chi connectivity index (χ2v) is 12.0. The van der Waals surface area contributed by atoms with Crippen molar-refractivity contribution in [2.75, 3.05) is 0 Å². The maximum Gasteiger partial charge on any atom is 0.303 e. The van der Waals surface area contributed by atoms with E-state index in [1.54, 1.807) is 0 Å². The second kappa shape index (κ2) is 8.06. The Bertz CT molecular complexity index is 649. The molecule has 11 atom stereocenters. The van der Waals surface area contributed by atoms with Crippen molar-refractivity contribution in [1.82, 2.24) is 0 Å². The lowest BCUT2D eigenvalue weighted by Crippen LogP contribution is -2.62. The van der Waals surface area contributed by atoms with E-state index < -0.39 is 5.97 Å². The van der Waals surface area contributed by atoms with Crippen LogP contribution in [-0.4, -0.2) is 33.5 Å². The van der Waals surface area contributed by atoms with E-state index in [1.165, 1.54) is 25.7 Å². The third-order valence-electron chi connectivity index (χ3n) is 11.0. The maximum absolute atomic E-state index is 11.7. The van der Waals surface area contributed by atoms with Gasteiger partial charge in [-0.1, -0.05) is 34.1 Å². The van der Waals surface area contributed by atoms with Gasteiger partial charge in [0.05, 0.1) is 12.2 Å². The molecule has 0 saturated heterocycles. The number of hydrogen-bond donors (Lipinski definition) is 3. The minimum Gasteiger partial charge on any atom is -0.481 e. The van der Waals surface area contributed by atoms with Crippen LogP contribution in [0.1, 0.15) is 91.9 Å². The molecule has 4 saturated carbocycles. The molecule has 0 spiro atoms. The molecule has 4 aliphatic rings. The fraction of sp³-hybridized carbons (Fsp3) is 0.962. The normalized spacial score (nSPS) is 51.5. The monoisotopic (exact) mass is 420 g/mol. The Morgan fingerprint density at radius 3 is 2.33 bits per heavy atom. The first-order valence-electron chi connectivity index (χ1n) is 12.7. The summed E-state index contributed by atoms with van der Waals surface area (Å²) in [5.74, 6) is 2.58. The van der Waals surface area contributed by atoms with Crippen LogP contribution in [0.15, 0.2) is 0 Å². The van der Waals surface area contributed by atoms with Crippen LogP contribution in [-0.2, 0) is 4.79 Å². The van der Waals surface area contributed by atoms with Gasteiger partial charge in [0.15, 0.2) is 0 Å². The standard InChI is InChI=1S/C26H44O4/c1-5-17-21-14-16(27)10-12-26(21,4)20-11-13-25(3)18(15(2)6-9-22(28)29)7-8-19(25)23(20)24(17)30/h15-21,23-24,27,30H,5-14H2,1-4H3,(H,28,29)/t15-,16-,17-,18?,19+,20+,21?,23+,24-,25-,26-/m1/s1. The fourth-order valence-electron chi connectivity index (χ4n) is 9.48. The molecule has 0 heterocycles. The molecule has 0 aromatic rings. The van der Waals surface area contributed by atoms with Crippen molar-refractivity contribution in [2.24, 2.45) is 52.3 Å². The maximum atomic E-state index is 11.7. The zero-order chi connectivity index (χ0) is 21.8. The lowest BCUT2D eigenvalue weighted by molar-refractivity contribution is -0.203. The van der Waals surface area contributed by atoms with Crippen molar-refractivity contribution in [3.05, 3.63) is 0 Å². The van der Waals surface area contributed by atoms with Crippen LogP contribution in [0.5, 0.6) is 0 Å². The number of fused-ring (bicyclic) bond motifs is 5. The molecule has 0 aromatic carbocycles. The number of carbonyl (C=O) groups is 1. The summed E-state index contributed by atoms with van der Waals surface area (Å²) in [5, 5.41) is 31.3. The quantitative estimate of drug-likeness (QED) is 0.577. The van der Waals surface area contributed by atoms with Gasteiger partial charge in [0, 0.05) is 6.42 Å². The molecule has 0 aliphatic heterocycles. The number of aliphatic hydroxyl groups excluding tert-OH is 2. The van der Waals surface area contributed by atoms with Gasteiger partial charge in [-0.2, -0.15) is 0 Å². The van der Waals surface area contributed by atoms with Crippen molar-refractivity contribution < 1.29 is 20.1 Å². The average Bonchev–Trinajstić information content (AvgIpc) is 3.05. The Morgan fingerprint density at radius 1 is 1.00 bits per heavy atom. The first-order valence-corrected chi connectivity index (χ1v) is 12.7. The molecule has 0 amide bonds. The summed E-state index contributed by atoms with van der Waals surface area (Å²) in [6.45, 7) is 9.44. The number of carboxylic acid groups (broad SMARTS) is 1. The SMILES string of the molecule is CC[C@@H]1C2C[C@H](O)CC[C@]2(C)[C@H]2CC[C@]3(C)C([C@H](C)CCC(=O)O)CC[C@H]3[C@@H]2[C@@H]1O. The molecule has 2 unspecified atom stereocenters. The Hall–Kier alpha value is -0.610. The minimum absolute atomic E-state index is 0.194. The van der Waals surface area contributed by atoms with E-state index in [2.05, 4.69) is 27.7 Å². The highest BCUT2D eigenvalue weighted by atomic mass is 16.4. The fourth-order valence-corrected chi connectivity index (χ4v) is 9.48. The van der Waals surface area contributed by atoms with Gasteiger partial charge < -0.3 is 15.3 Å². The predicted octanol–water partition coefficient (Wildman–Crippen LogP) is 5.11. The van der Waals surface area contributed by atoms with E-state index in [9.17, 15) is 15.0 Å². The third kappa shape index (κ3) is 3.36. The number of hydrogen-bond acceptors (Lipinski definition) is 3. The van der Waals surface area contributed by atoms with Crippen molar-refractivity contribution in [2.45, 2.75) is 104 Å². The zero-order valence-corrected chi connectivity index (χ0v) is 19.5. The summed E-state index contributed by atoms with van der Waals surface area (Å²) in [5.41, 5.74) is 0.480. The summed E-state index contributed by atoms with van der Waals surface area (Å²) < 4.78 is 0. The molecule has 172 valence electrons. The van der Waals surface area contributed by atoms with E-state index >= 15 is 0 Å². The first-order chi connectivity index (χ1) is 14.1. The van der Waals surface area contributed by atoms with Gasteiger partial charge in [-0.15, -0.1) is 0 Å². The van der Waals surface area contributed by atoms with Crippen molar-refractivity contribution >= 4 is 5.97 Å². The van der Waals surface area contributed by atoms with Gasteiger partial charge in [-0.05, 0) is 104 Å². The molecule has 0 bridgehead atoms. The minimum atomic E-state index is -0.683. The number of aliphatic carboxylic acids is 1. The summed E-state index contributed by atoms with van der Waals surface area (Å²) in [4.78, 5) is 11.1. The van der Waals surface area contributed by atoms with E-state index in [0.29, 0.717) is 41.4 Å². The van der Waals surface area contributed by atoms with Crippen LogP contribution in [0.2, 0.25) is 0 Å². The highest BCUT2D eigenvalue weighted by molar-refractivity contribution is 5.66. The molecule has 0 radical (unpaired) electrons. The molecule has 4 rings (SSSR count). The highest BCUT2D eigenvalue weighted by Gasteiger charge is 2.64. The summed E-state index contributed by atoms with van der Waals surface area (Å²) in [6.07, 6.45) is 9.27.